The van der Waals surface area contributed by atoms with Crippen molar-refractivity contribution in [3.05, 3.63) is 76.5 Å². The number of carbonyl (C=O) groups excluding carboxylic acids is 1. The van der Waals surface area contributed by atoms with E-state index in [1.54, 1.807) is 18.2 Å². The van der Waals surface area contributed by atoms with E-state index >= 15 is 0 Å². The molecule has 0 aliphatic heterocycles. The lowest BCUT2D eigenvalue weighted by Gasteiger charge is -2.07. The first-order valence-corrected chi connectivity index (χ1v) is 8.33. The lowest BCUT2D eigenvalue weighted by molar-refractivity contribution is -0.384. The molecule has 1 fully saturated rings. The zero-order valence-corrected chi connectivity index (χ0v) is 13.8. The van der Waals surface area contributed by atoms with Crippen LogP contribution in [0.15, 0.2) is 60.7 Å². The van der Waals surface area contributed by atoms with E-state index in [1.807, 2.05) is 30.3 Å². The van der Waals surface area contributed by atoms with Crippen molar-refractivity contribution in [2.45, 2.75) is 18.9 Å². The zero-order chi connectivity index (χ0) is 18.1. The normalized spacial score (nSPS) is 13.4. The molecule has 7 heteroatoms. The SMILES string of the molecule is O=C(NC1CC1)c1cc(-c2ccccc2)nn1-c1ccc([N+](=O)[O-])cc1. The van der Waals surface area contributed by atoms with Crippen molar-refractivity contribution in [1.29, 1.82) is 0 Å². The van der Waals surface area contributed by atoms with E-state index in [-0.39, 0.29) is 17.6 Å². The van der Waals surface area contributed by atoms with Gasteiger partial charge < -0.3 is 5.32 Å². The summed E-state index contributed by atoms with van der Waals surface area (Å²) in [5.74, 6) is -0.194. The number of non-ortho nitro benzene ring substituents is 1. The Morgan fingerprint density at radius 2 is 1.81 bits per heavy atom. The third-order valence-electron chi connectivity index (χ3n) is 4.23. The van der Waals surface area contributed by atoms with Gasteiger partial charge in [-0.3, -0.25) is 14.9 Å². The number of nitrogens with one attached hydrogen (secondary N) is 1. The Morgan fingerprint density at radius 1 is 1.12 bits per heavy atom. The summed E-state index contributed by atoms with van der Waals surface area (Å²) in [4.78, 5) is 23.0. The number of hydrogen-bond donors (Lipinski definition) is 1. The first-order valence-electron chi connectivity index (χ1n) is 8.33. The fraction of sp³-hybridized carbons (Fsp3) is 0.158. The van der Waals surface area contributed by atoms with Crippen LogP contribution in [0.25, 0.3) is 16.9 Å². The molecule has 130 valence electrons. The summed E-state index contributed by atoms with van der Waals surface area (Å²) < 4.78 is 1.53. The van der Waals surface area contributed by atoms with Gasteiger partial charge in [0.15, 0.2) is 0 Å². The molecule has 1 N–H and O–H groups in total. The van der Waals surface area contributed by atoms with Gasteiger partial charge in [-0.25, -0.2) is 4.68 Å². The predicted molar refractivity (Wildman–Crippen MR) is 96.1 cm³/mol. The molecule has 0 atom stereocenters. The van der Waals surface area contributed by atoms with Crippen LogP contribution >= 0.6 is 0 Å². The number of aromatic nitrogens is 2. The van der Waals surface area contributed by atoms with Gasteiger partial charge in [0, 0.05) is 23.7 Å². The maximum absolute atomic E-state index is 12.6. The van der Waals surface area contributed by atoms with Gasteiger partial charge in [-0.2, -0.15) is 5.10 Å². The van der Waals surface area contributed by atoms with Crippen LogP contribution in [0.3, 0.4) is 0 Å². The van der Waals surface area contributed by atoms with Crippen LogP contribution in [-0.2, 0) is 0 Å². The average Bonchev–Trinajstić information content (AvgIpc) is 3.36. The van der Waals surface area contributed by atoms with Crippen LogP contribution in [-0.4, -0.2) is 26.7 Å². The molecule has 3 aromatic rings. The van der Waals surface area contributed by atoms with Crippen LogP contribution in [0.4, 0.5) is 5.69 Å². The van der Waals surface area contributed by atoms with E-state index in [1.165, 1.54) is 16.8 Å². The third-order valence-corrected chi connectivity index (χ3v) is 4.23. The topological polar surface area (TPSA) is 90.1 Å². The summed E-state index contributed by atoms with van der Waals surface area (Å²) in [5, 5.41) is 18.4. The van der Waals surface area contributed by atoms with Crippen LogP contribution in [0.5, 0.6) is 0 Å². The Balaban J connectivity index is 1.76. The maximum Gasteiger partial charge on any atom is 0.270 e. The Morgan fingerprint density at radius 3 is 2.42 bits per heavy atom. The van der Waals surface area contributed by atoms with Gasteiger partial charge in [0.2, 0.25) is 0 Å². The molecule has 0 saturated heterocycles. The van der Waals surface area contributed by atoms with Gasteiger partial charge in [-0.1, -0.05) is 30.3 Å². The highest BCUT2D eigenvalue weighted by Crippen LogP contribution is 2.24. The number of amides is 1. The lowest BCUT2D eigenvalue weighted by Crippen LogP contribution is -2.27. The van der Waals surface area contributed by atoms with E-state index in [0.717, 1.165) is 18.4 Å². The highest BCUT2D eigenvalue weighted by molar-refractivity contribution is 5.94. The fourth-order valence-electron chi connectivity index (χ4n) is 2.69. The molecule has 26 heavy (non-hydrogen) atoms. The highest BCUT2D eigenvalue weighted by atomic mass is 16.6. The first kappa shape index (κ1) is 16.0. The number of rotatable bonds is 5. The standard InChI is InChI=1S/C19H16N4O3/c24-19(20-14-6-7-14)18-12-17(13-4-2-1-3-5-13)21-22(18)15-8-10-16(11-9-15)23(25)26/h1-5,8-12,14H,6-7H2,(H,20,24). The number of nitro benzene ring substituents is 1. The van der Waals surface area contributed by atoms with Crippen LogP contribution < -0.4 is 5.32 Å². The van der Waals surface area contributed by atoms with Crippen molar-refractivity contribution in [3.63, 3.8) is 0 Å². The number of hydrogen-bond acceptors (Lipinski definition) is 4. The minimum atomic E-state index is -0.455. The van der Waals surface area contributed by atoms with Crippen LogP contribution in [0.2, 0.25) is 0 Å². The summed E-state index contributed by atoms with van der Waals surface area (Å²) in [6.45, 7) is 0. The minimum absolute atomic E-state index is 0.00632. The second-order valence-electron chi connectivity index (χ2n) is 6.21. The molecule has 0 unspecified atom stereocenters. The Hall–Kier alpha value is -3.48. The van der Waals surface area contributed by atoms with Gasteiger partial charge in [0.25, 0.3) is 11.6 Å². The van der Waals surface area contributed by atoms with Crippen LogP contribution in [0, 0.1) is 10.1 Å². The summed E-state index contributed by atoms with van der Waals surface area (Å²) in [6.07, 6.45) is 1.98. The average molecular weight is 348 g/mol. The molecular weight excluding hydrogens is 332 g/mol. The van der Waals surface area contributed by atoms with Gasteiger partial charge in [-0.05, 0) is 31.0 Å². The van der Waals surface area contributed by atoms with Gasteiger partial charge in [-0.15, -0.1) is 0 Å². The molecule has 1 saturated carbocycles. The molecule has 7 nitrogen and oxygen atoms in total. The van der Waals surface area contributed by atoms with Crippen molar-refractivity contribution >= 4 is 11.6 Å². The molecule has 4 rings (SSSR count). The molecule has 1 heterocycles. The summed E-state index contributed by atoms with van der Waals surface area (Å²) >= 11 is 0. The van der Waals surface area contributed by atoms with E-state index in [2.05, 4.69) is 10.4 Å². The number of benzene rings is 2. The lowest BCUT2D eigenvalue weighted by atomic mass is 10.1. The quantitative estimate of drug-likeness (QED) is 0.565. The van der Waals surface area contributed by atoms with Crippen molar-refractivity contribution in [2.24, 2.45) is 0 Å². The molecule has 1 aromatic heterocycles. The summed E-state index contributed by atoms with van der Waals surface area (Å²) in [6, 6.07) is 17.5. The Bertz CT molecular complexity index is 960. The van der Waals surface area contributed by atoms with Crippen molar-refractivity contribution < 1.29 is 9.72 Å². The fourth-order valence-corrected chi connectivity index (χ4v) is 2.69. The Kier molecular flexibility index (Phi) is 3.96. The molecule has 1 aliphatic rings. The Labute approximate surface area is 149 Å². The zero-order valence-electron chi connectivity index (χ0n) is 13.8. The molecule has 0 bridgehead atoms. The van der Waals surface area contributed by atoms with Crippen molar-refractivity contribution in [2.75, 3.05) is 0 Å². The highest BCUT2D eigenvalue weighted by Gasteiger charge is 2.26. The molecule has 1 aliphatic carbocycles. The molecule has 1 amide bonds. The van der Waals surface area contributed by atoms with Gasteiger partial charge in [0.05, 0.1) is 16.3 Å². The molecular formula is C19H16N4O3. The molecule has 0 radical (unpaired) electrons. The van der Waals surface area contributed by atoms with Crippen LogP contribution in [0.1, 0.15) is 23.3 Å². The van der Waals surface area contributed by atoms with Gasteiger partial charge >= 0.3 is 0 Å². The van der Waals surface area contributed by atoms with E-state index in [4.69, 9.17) is 0 Å². The largest absolute Gasteiger partial charge is 0.348 e. The van der Waals surface area contributed by atoms with E-state index < -0.39 is 4.92 Å². The van der Waals surface area contributed by atoms with Crippen molar-refractivity contribution in [3.8, 4) is 16.9 Å². The second kappa shape index (κ2) is 6.44. The third kappa shape index (κ3) is 3.19. The molecule has 0 spiro atoms. The van der Waals surface area contributed by atoms with E-state index in [0.29, 0.717) is 17.1 Å². The number of nitrogens with zero attached hydrogens (tertiary/aromatic N) is 3. The monoisotopic (exact) mass is 348 g/mol. The second-order valence-corrected chi connectivity index (χ2v) is 6.21. The first-order chi connectivity index (χ1) is 12.6. The smallest absolute Gasteiger partial charge is 0.270 e. The molecule has 2 aromatic carbocycles. The van der Waals surface area contributed by atoms with Crippen molar-refractivity contribution in [1.82, 2.24) is 15.1 Å². The summed E-state index contributed by atoms with van der Waals surface area (Å²) in [7, 11) is 0. The number of nitro groups is 1. The minimum Gasteiger partial charge on any atom is -0.348 e. The maximum atomic E-state index is 12.6. The summed E-state index contributed by atoms with van der Waals surface area (Å²) in [5.41, 5.74) is 2.56. The number of carbonyl (C=O) groups is 1. The predicted octanol–water partition coefficient (Wildman–Crippen LogP) is 3.34. The van der Waals surface area contributed by atoms with E-state index in [9.17, 15) is 14.9 Å². The van der Waals surface area contributed by atoms with Gasteiger partial charge in [0.1, 0.15) is 5.69 Å².